The van der Waals surface area contributed by atoms with E-state index in [4.69, 9.17) is 4.74 Å². The van der Waals surface area contributed by atoms with Crippen LogP contribution in [0.25, 0.3) is 6.08 Å². The van der Waals surface area contributed by atoms with E-state index in [-0.39, 0.29) is 5.97 Å². The summed E-state index contributed by atoms with van der Waals surface area (Å²) in [6.07, 6.45) is 3.76. The summed E-state index contributed by atoms with van der Waals surface area (Å²) in [7, 11) is 0. The summed E-state index contributed by atoms with van der Waals surface area (Å²) in [5.41, 5.74) is 2.35. The van der Waals surface area contributed by atoms with Crippen molar-refractivity contribution in [3.8, 4) is 0 Å². The first kappa shape index (κ1) is 10.5. The Morgan fingerprint density at radius 1 is 1.36 bits per heavy atom. The second-order valence-electron chi connectivity index (χ2n) is 3.12. The molecule has 2 heteroatoms. The highest BCUT2D eigenvalue weighted by atomic mass is 16.5. The molecule has 0 fully saturated rings. The van der Waals surface area contributed by atoms with Crippen LogP contribution in [-0.2, 0) is 9.53 Å². The highest BCUT2D eigenvalue weighted by Crippen LogP contribution is 2.04. The average molecular weight is 190 g/mol. The standard InChI is InChI=1S/C12H14O2/c1-10-5-7-12(8-6-10)4-3-9-14-11(2)13/h3-8H,9H2,1-2H3/b4-3+. The molecule has 14 heavy (non-hydrogen) atoms. The largest absolute Gasteiger partial charge is 0.462 e. The second-order valence-corrected chi connectivity index (χ2v) is 3.12. The highest BCUT2D eigenvalue weighted by Gasteiger charge is 1.88. The summed E-state index contributed by atoms with van der Waals surface area (Å²) in [5, 5.41) is 0. The quantitative estimate of drug-likeness (QED) is 0.685. The fourth-order valence-electron chi connectivity index (χ4n) is 1.03. The van der Waals surface area contributed by atoms with Gasteiger partial charge in [0.15, 0.2) is 0 Å². The summed E-state index contributed by atoms with van der Waals surface area (Å²) in [4.78, 5) is 10.4. The normalized spacial score (nSPS) is 10.4. The Morgan fingerprint density at radius 2 is 2.00 bits per heavy atom. The molecule has 74 valence electrons. The lowest BCUT2D eigenvalue weighted by atomic mass is 10.1. The monoisotopic (exact) mass is 190 g/mol. The van der Waals surface area contributed by atoms with Crippen molar-refractivity contribution in [3.63, 3.8) is 0 Å². The van der Waals surface area contributed by atoms with Gasteiger partial charge in [0.2, 0.25) is 0 Å². The molecule has 0 aliphatic carbocycles. The van der Waals surface area contributed by atoms with Gasteiger partial charge in [-0.2, -0.15) is 0 Å². The molecular weight excluding hydrogens is 176 g/mol. The third kappa shape index (κ3) is 3.90. The molecule has 0 saturated heterocycles. The third-order valence-corrected chi connectivity index (χ3v) is 1.77. The lowest BCUT2D eigenvalue weighted by Crippen LogP contribution is -1.97. The van der Waals surface area contributed by atoms with Crippen molar-refractivity contribution in [3.05, 3.63) is 41.5 Å². The van der Waals surface area contributed by atoms with Crippen molar-refractivity contribution in [1.29, 1.82) is 0 Å². The van der Waals surface area contributed by atoms with Gasteiger partial charge in [-0.25, -0.2) is 0 Å². The van der Waals surface area contributed by atoms with Crippen LogP contribution in [0.15, 0.2) is 30.3 Å². The van der Waals surface area contributed by atoms with E-state index in [2.05, 4.69) is 0 Å². The Labute approximate surface area is 84.2 Å². The van der Waals surface area contributed by atoms with Crippen LogP contribution in [0, 0.1) is 6.92 Å². The van der Waals surface area contributed by atoms with Crippen molar-refractivity contribution in [2.24, 2.45) is 0 Å². The molecule has 2 nitrogen and oxygen atoms in total. The molecule has 0 spiro atoms. The molecule has 0 bridgehead atoms. The maximum absolute atomic E-state index is 10.4. The first-order valence-electron chi connectivity index (χ1n) is 4.55. The Hall–Kier alpha value is -1.57. The predicted molar refractivity (Wildman–Crippen MR) is 56.8 cm³/mol. The maximum atomic E-state index is 10.4. The number of ether oxygens (including phenoxy) is 1. The molecule has 0 radical (unpaired) electrons. The summed E-state index contributed by atoms with van der Waals surface area (Å²) in [5.74, 6) is -0.251. The Bertz CT molecular complexity index is 323. The molecule has 0 aliphatic rings. The minimum Gasteiger partial charge on any atom is -0.462 e. The summed E-state index contributed by atoms with van der Waals surface area (Å²) in [6.45, 7) is 3.79. The zero-order chi connectivity index (χ0) is 10.4. The van der Waals surface area contributed by atoms with E-state index in [1.54, 1.807) is 0 Å². The number of benzene rings is 1. The Kier molecular flexibility index (Phi) is 3.92. The molecule has 0 aromatic heterocycles. The average Bonchev–Trinajstić information content (AvgIpc) is 2.15. The lowest BCUT2D eigenvalue weighted by Gasteiger charge is -1.96. The molecule has 1 aromatic rings. The molecule has 1 aromatic carbocycles. The maximum Gasteiger partial charge on any atom is 0.302 e. The van der Waals surface area contributed by atoms with E-state index in [1.165, 1.54) is 12.5 Å². The van der Waals surface area contributed by atoms with Gasteiger partial charge in [-0.3, -0.25) is 4.79 Å². The summed E-state index contributed by atoms with van der Waals surface area (Å²) >= 11 is 0. The van der Waals surface area contributed by atoms with Gasteiger partial charge >= 0.3 is 5.97 Å². The molecule has 0 aliphatic heterocycles. The van der Waals surface area contributed by atoms with E-state index in [9.17, 15) is 4.79 Å². The first-order chi connectivity index (χ1) is 6.68. The van der Waals surface area contributed by atoms with Gasteiger partial charge < -0.3 is 4.74 Å². The van der Waals surface area contributed by atoms with Crippen LogP contribution in [0.5, 0.6) is 0 Å². The SMILES string of the molecule is CC(=O)OC/C=C/c1ccc(C)cc1. The van der Waals surface area contributed by atoms with Crippen LogP contribution in [0.1, 0.15) is 18.1 Å². The van der Waals surface area contributed by atoms with E-state index in [0.29, 0.717) is 6.61 Å². The fraction of sp³-hybridized carbons (Fsp3) is 0.250. The zero-order valence-electron chi connectivity index (χ0n) is 8.49. The van der Waals surface area contributed by atoms with Crippen molar-refractivity contribution in [2.45, 2.75) is 13.8 Å². The van der Waals surface area contributed by atoms with Gasteiger partial charge in [-0.05, 0) is 18.6 Å². The predicted octanol–water partition coefficient (Wildman–Crippen LogP) is 2.57. The highest BCUT2D eigenvalue weighted by molar-refractivity contribution is 5.66. The number of rotatable bonds is 3. The van der Waals surface area contributed by atoms with Gasteiger partial charge in [0, 0.05) is 6.92 Å². The van der Waals surface area contributed by atoms with Gasteiger partial charge in [0.05, 0.1) is 0 Å². The minimum absolute atomic E-state index is 0.251. The van der Waals surface area contributed by atoms with Gasteiger partial charge in [-0.15, -0.1) is 0 Å². The molecule has 0 heterocycles. The first-order valence-corrected chi connectivity index (χ1v) is 4.55. The molecule has 1 rings (SSSR count). The molecular formula is C12H14O2. The lowest BCUT2D eigenvalue weighted by molar-refractivity contribution is -0.139. The van der Waals surface area contributed by atoms with Crippen LogP contribution in [0.4, 0.5) is 0 Å². The number of carbonyl (C=O) groups is 1. The summed E-state index contributed by atoms with van der Waals surface area (Å²) in [6, 6.07) is 8.15. The van der Waals surface area contributed by atoms with E-state index < -0.39 is 0 Å². The van der Waals surface area contributed by atoms with Crippen molar-refractivity contribution < 1.29 is 9.53 Å². The summed E-state index contributed by atoms with van der Waals surface area (Å²) < 4.78 is 4.76. The smallest absolute Gasteiger partial charge is 0.302 e. The van der Waals surface area contributed by atoms with Crippen molar-refractivity contribution in [1.82, 2.24) is 0 Å². The second kappa shape index (κ2) is 5.22. The molecule has 0 atom stereocenters. The Morgan fingerprint density at radius 3 is 2.57 bits per heavy atom. The third-order valence-electron chi connectivity index (χ3n) is 1.77. The van der Waals surface area contributed by atoms with Crippen LogP contribution in [0.3, 0.4) is 0 Å². The number of carbonyl (C=O) groups excluding carboxylic acids is 1. The van der Waals surface area contributed by atoms with Crippen LogP contribution in [0.2, 0.25) is 0 Å². The van der Waals surface area contributed by atoms with Crippen LogP contribution >= 0.6 is 0 Å². The Balaban J connectivity index is 2.44. The molecule has 0 amide bonds. The van der Waals surface area contributed by atoms with Crippen molar-refractivity contribution in [2.75, 3.05) is 6.61 Å². The number of hydrogen-bond donors (Lipinski definition) is 0. The van der Waals surface area contributed by atoms with E-state index in [0.717, 1.165) is 5.56 Å². The van der Waals surface area contributed by atoms with Gasteiger partial charge in [0.1, 0.15) is 6.61 Å². The fourth-order valence-corrected chi connectivity index (χ4v) is 1.03. The van der Waals surface area contributed by atoms with Crippen LogP contribution < -0.4 is 0 Å². The minimum atomic E-state index is -0.251. The molecule has 0 saturated carbocycles. The van der Waals surface area contributed by atoms with Gasteiger partial charge in [-0.1, -0.05) is 35.9 Å². The zero-order valence-corrected chi connectivity index (χ0v) is 8.49. The van der Waals surface area contributed by atoms with E-state index in [1.807, 2.05) is 43.3 Å². The topological polar surface area (TPSA) is 26.3 Å². The van der Waals surface area contributed by atoms with Gasteiger partial charge in [0.25, 0.3) is 0 Å². The molecule has 0 unspecified atom stereocenters. The number of hydrogen-bond acceptors (Lipinski definition) is 2. The molecule has 0 N–H and O–H groups in total. The number of esters is 1. The van der Waals surface area contributed by atoms with Crippen LogP contribution in [-0.4, -0.2) is 12.6 Å². The van der Waals surface area contributed by atoms with E-state index >= 15 is 0 Å². The van der Waals surface area contributed by atoms with Crippen molar-refractivity contribution >= 4 is 12.0 Å². The number of aryl methyl sites for hydroxylation is 1.